The zero-order chi connectivity index (χ0) is 43.6. The molecule has 3 aromatic heterocycles. The van der Waals surface area contributed by atoms with E-state index in [0.29, 0.717) is 51.3 Å². The lowest BCUT2D eigenvalue weighted by Crippen LogP contribution is -2.66. The molecule has 2 saturated heterocycles. The van der Waals surface area contributed by atoms with Crippen LogP contribution in [0, 0.1) is 23.1 Å². The molecule has 3 aromatic carbocycles. The molecule has 4 unspecified atom stereocenters. The Morgan fingerprint density at radius 2 is 1.74 bits per heavy atom. The van der Waals surface area contributed by atoms with E-state index in [2.05, 4.69) is 68.3 Å². The maximum atomic E-state index is 17.9. The maximum absolute atomic E-state index is 17.9. The van der Waals surface area contributed by atoms with E-state index in [4.69, 9.17) is 29.0 Å². The van der Waals surface area contributed by atoms with Gasteiger partial charge in [0.2, 0.25) is 5.88 Å². The molecule has 9 rings (SSSR count). The Balaban J connectivity index is 1.30. The highest BCUT2D eigenvalue weighted by Gasteiger charge is 2.54. The second kappa shape index (κ2) is 16.1. The number of methoxy groups -OCH3 is 1. The molecule has 2 bridgehead atoms. The first-order valence-corrected chi connectivity index (χ1v) is 23.2. The van der Waals surface area contributed by atoms with E-state index in [1.54, 1.807) is 36.4 Å². The van der Waals surface area contributed by atoms with E-state index in [1.807, 2.05) is 17.0 Å². The fraction of sp³-hybridized carbons (Fsp3) is 0.422. The number of benzene rings is 3. The number of hydrogen-bond acceptors (Lipinski definition) is 11. The van der Waals surface area contributed by atoms with Crippen molar-refractivity contribution in [2.24, 2.45) is 0 Å². The summed E-state index contributed by atoms with van der Waals surface area (Å²) >= 11 is 0. The number of carboxylic acid groups (broad SMARTS) is 1. The third-order valence-corrected chi connectivity index (χ3v) is 19.3. The molecule has 0 aliphatic carbocycles. The van der Waals surface area contributed by atoms with Gasteiger partial charge in [0.05, 0.1) is 30.3 Å². The monoisotopic (exact) mass is 862 g/mol. The highest BCUT2D eigenvalue weighted by molar-refractivity contribution is 6.90. The van der Waals surface area contributed by atoms with Crippen LogP contribution >= 0.6 is 0 Å². The lowest BCUT2D eigenvalue weighted by molar-refractivity contribution is -0.0667. The Bertz CT molecular complexity index is 2770. The molecule has 62 heavy (non-hydrogen) atoms. The number of amides is 1. The van der Waals surface area contributed by atoms with Crippen molar-refractivity contribution in [2.45, 2.75) is 95.2 Å². The lowest BCUT2D eigenvalue weighted by atomic mass is 9.96. The molecule has 0 saturated carbocycles. The molecular formula is C45H48F2N8O6Si. The number of para-hydroxylation sites is 1. The van der Waals surface area contributed by atoms with Crippen LogP contribution in [0.1, 0.15) is 59.9 Å². The standard InChI is InChI=1S/C45H48F2N8O6Si/c1-24(2)62(25(3)4,26(5)6)20-19-29-31(46)17-15-27-11-10-12-30(36(27)29)39-38(47)40-37-42(50-44(49-40)61-55-33-14-9-8-13-32(33)51-52-55)53-21-28-16-18-34(54(28)45(56)57)41(53)35(22-59-23-58-7)60-43(37)48-39/h8-15,17,24-26,28,34-35,41H,16,18,21-23H2,1-7H3,(H,56,57). The zero-order valence-corrected chi connectivity index (χ0v) is 36.6. The van der Waals surface area contributed by atoms with Crippen molar-refractivity contribution in [2.75, 3.05) is 32.0 Å². The molecule has 1 amide bonds. The van der Waals surface area contributed by atoms with Crippen molar-refractivity contribution in [3.63, 3.8) is 0 Å². The van der Waals surface area contributed by atoms with Crippen LogP contribution in [0.5, 0.6) is 11.9 Å². The van der Waals surface area contributed by atoms with Crippen LogP contribution in [-0.4, -0.2) is 106 Å². The molecule has 0 radical (unpaired) electrons. The largest absolute Gasteiger partial charge is 0.469 e. The van der Waals surface area contributed by atoms with Gasteiger partial charge in [0.15, 0.2) is 5.82 Å². The summed E-state index contributed by atoms with van der Waals surface area (Å²) in [4.78, 5) is 38.0. The van der Waals surface area contributed by atoms with E-state index in [0.717, 1.165) is 4.85 Å². The Morgan fingerprint density at radius 3 is 2.48 bits per heavy atom. The lowest BCUT2D eigenvalue weighted by Gasteiger charge is -2.47. The maximum Gasteiger partial charge on any atom is 0.407 e. The topological polar surface area (TPSA) is 150 Å². The van der Waals surface area contributed by atoms with Crippen molar-refractivity contribution in [1.82, 2.24) is 35.0 Å². The predicted molar refractivity (Wildman–Crippen MR) is 232 cm³/mol. The van der Waals surface area contributed by atoms with Crippen molar-refractivity contribution in [3.05, 3.63) is 71.8 Å². The number of anilines is 1. The van der Waals surface area contributed by atoms with E-state index in [9.17, 15) is 9.90 Å². The summed E-state index contributed by atoms with van der Waals surface area (Å²) in [5, 5.41) is 20.0. The zero-order valence-electron chi connectivity index (χ0n) is 35.6. The first-order chi connectivity index (χ1) is 29.8. The molecule has 17 heteroatoms. The van der Waals surface area contributed by atoms with Gasteiger partial charge < -0.3 is 29.1 Å². The minimum absolute atomic E-state index is 0.00536. The molecule has 0 spiro atoms. The number of halogens is 2. The summed E-state index contributed by atoms with van der Waals surface area (Å²) in [7, 11) is -0.835. The summed E-state index contributed by atoms with van der Waals surface area (Å²) in [5.41, 5.74) is 5.72. The van der Waals surface area contributed by atoms with Gasteiger partial charge in [-0.1, -0.05) is 88.7 Å². The van der Waals surface area contributed by atoms with Crippen LogP contribution in [0.15, 0.2) is 54.6 Å². The van der Waals surface area contributed by atoms with Crippen LogP contribution in [0.3, 0.4) is 0 Å². The SMILES string of the molecule is COCOCC1Oc2nc(-c3cccc4ccc(F)c(C#C[Si](C(C)C)(C(C)C)C(C)C)c34)c(F)c3nc(On4nnc5ccccc54)nc(c23)N2CC3CCC(C12)N3C(=O)O. The van der Waals surface area contributed by atoms with Crippen LogP contribution in [0.2, 0.25) is 16.6 Å². The fourth-order valence-electron chi connectivity index (χ4n) is 10.4. The average Bonchev–Trinajstić information content (AvgIpc) is 3.76. The molecule has 6 aromatic rings. The number of piperazine rings is 1. The van der Waals surface area contributed by atoms with Gasteiger partial charge in [-0.05, 0) is 58.3 Å². The summed E-state index contributed by atoms with van der Waals surface area (Å²) in [6, 6.07) is 13.7. The number of ether oxygens (including phenoxy) is 3. The fourth-order valence-corrected chi connectivity index (χ4v) is 15.6. The van der Waals surface area contributed by atoms with Crippen molar-refractivity contribution in [1.29, 1.82) is 0 Å². The molecule has 322 valence electrons. The van der Waals surface area contributed by atoms with Gasteiger partial charge in [-0.3, -0.25) is 4.90 Å². The first-order valence-electron chi connectivity index (χ1n) is 21.0. The molecule has 3 aliphatic heterocycles. The predicted octanol–water partition coefficient (Wildman–Crippen LogP) is 8.36. The van der Waals surface area contributed by atoms with Crippen molar-refractivity contribution < 1.29 is 37.7 Å². The van der Waals surface area contributed by atoms with Crippen LogP contribution < -0.4 is 14.5 Å². The number of rotatable bonds is 10. The van der Waals surface area contributed by atoms with Gasteiger partial charge in [-0.2, -0.15) is 9.97 Å². The first kappa shape index (κ1) is 41.4. The minimum Gasteiger partial charge on any atom is -0.469 e. The number of aromatic nitrogens is 6. The Labute approximate surface area is 358 Å². The minimum atomic E-state index is -2.33. The number of nitrogens with zero attached hydrogens (tertiary/aromatic N) is 8. The smallest absolute Gasteiger partial charge is 0.407 e. The Morgan fingerprint density at radius 1 is 0.968 bits per heavy atom. The van der Waals surface area contributed by atoms with Crippen LogP contribution in [-0.2, 0) is 9.47 Å². The summed E-state index contributed by atoms with van der Waals surface area (Å²) in [6.07, 6.45) is -0.729. The van der Waals surface area contributed by atoms with Crippen LogP contribution in [0.25, 0.3) is 44.0 Å². The second-order valence-corrected chi connectivity index (χ2v) is 22.8. The molecule has 4 atom stereocenters. The molecule has 3 aliphatic rings. The van der Waals surface area contributed by atoms with Crippen LogP contribution in [0.4, 0.5) is 19.4 Å². The Hall–Kier alpha value is -5.96. The number of hydrogen-bond donors (Lipinski definition) is 1. The van der Waals surface area contributed by atoms with Crippen molar-refractivity contribution in [3.8, 4) is 34.6 Å². The third kappa shape index (κ3) is 6.66. The summed E-state index contributed by atoms with van der Waals surface area (Å²) in [5.74, 6) is 2.21. The molecular weight excluding hydrogens is 815 g/mol. The highest BCUT2D eigenvalue weighted by Crippen LogP contribution is 2.47. The number of carbonyl (C=O) groups is 1. The van der Waals surface area contributed by atoms with Crippen molar-refractivity contribution >= 4 is 52.7 Å². The van der Waals surface area contributed by atoms with E-state index < -0.39 is 44.0 Å². The summed E-state index contributed by atoms with van der Waals surface area (Å²) < 4.78 is 52.2. The molecule has 14 nitrogen and oxygen atoms in total. The number of fused-ring (bicyclic) bond motifs is 7. The second-order valence-electron chi connectivity index (χ2n) is 17.2. The van der Waals surface area contributed by atoms with E-state index >= 15 is 8.78 Å². The van der Waals surface area contributed by atoms with Gasteiger partial charge in [0, 0.05) is 24.6 Å². The van der Waals surface area contributed by atoms with Gasteiger partial charge in [-0.25, -0.2) is 18.6 Å². The molecule has 1 N–H and O–H groups in total. The number of pyridine rings is 1. The Kier molecular flexibility index (Phi) is 10.7. The quantitative estimate of drug-likeness (QED) is 0.0610. The van der Waals surface area contributed by atoms with Gasteiger partial charge in [0.25, 0.3) is 0 Å². The average molecular weight is 863 g/mol. The highest BCUT2D eigenvalue weighted by atomic mass is 28.3. The van der Waals surface area contributed by atoms with Gasteiger partial charge in [0.1, 0.15) is 60.2 Å². The molecule has 2 fully saturated rings. The molecule has 6 heterocycles. The van der Waals surface area contributed by atoms with E-state index in [-0.39, 0.29) is 71.4 Å². The van der Waals surface area contributed by atoms with Gasteiger partial charge >= 0.3 is 12.1 Å². The normalized spacial score (nSPS) is 19.6. The van der Waals surface area contributed by atoms with E-state index in [1.165, 1.54) is 18.1 Å². The van der Waals surface area contributed by atoms with Gasteiger partial charge in [-0.15, -0.1) is 10.6 Å². The summed E-state index contributed by atoms with van der Waals surface area (Å²) in [6.45, 7) is 13.3. The third-order valence-electron chi connectivity index (χ3n) is 13.1.